The number of ether oxygens (including phenoxy) is 1. The first-order valence-corrected chi connectivity index (χ1v) is 8.10. The Hall–Kier alpha value is -1.52. The molecule has 5 nitrogen and oxygen atoms in total. The van der Waals surface area contributed by atoms with Gasteiger partial charge in [-0.2, -0.15) is 13.2 Å². The lowest BCUT2D eigenvalue weighted by Crippen LogP contribution is -2.38. The Bertz CT molecular complexity index is 576. The van der Waals surface area contributed by atoms with Crippen LogP contribution in [0.25, 0.3) is 0 Å². The zero-order chi connectivity index (χ0) is 18.9. The molecule has 0 amide bonds. The van der Waals surface area contributed by atoms with Gasteiger partial charge in [-0.15, -0.1) is 24.0 Å². The van der Waals surface area contributed by atoms with Crippen LogP contribution in [0.2, 0.25) is 0 Å². The van der Waals surface area contributed by atoms with Crippen molar-refractivity contribution in [3.8, 4) is 0 Å². The van der Waals surface area contributed by atoms with E-state index in [1.807, 2.05) is 6.92 Å². The van der Waals surface area contributed by atoms with E-state index in [2.05, 4.69) is 15.6 Å². The van der Waals surface area contributed by atoms with Gasteiger partial charge in [0.05, 0.1) is 24.6 Å². The number of nitrogens with zero attached hydrogens (tertiary/aromatic N) is 1. The Balaban J connectivity index is 0.00000625. The minimum Gasteiger partial charge on any atom is -0.463 e. The lowest BCUT2D eigenvalue weighted by atomic mass is 10.1. The van der Waals surface area contributed by atoms with Gasteiger partial charge in [0.25, 0.3) is 0 Å². The zero-order valence-corrected chi connectivity index (χ0v) is 17.4. The van der Waals surface area contributed by atoms with Crippen LogP contribution < -0.4 is 10.6 Å². The lowest BCUT2D eigenvalue weighted by Gasteiger charge is -2.12. The summed E-state index contributed by atoms with van der Waals surface area (Å²) >= 11 is 0. The van der Waals surface area contributed by atoms with Crippen molar-refractivity contribution >= 4 is 35.9 Å². The van der Waals surface area contributed by atoms with Gasteiger partial charge in [-0.05, 0) is 38.5 Å². The predicted molar refractivity (Wildman–Crippen MR) is 106 cm³/mol. The number of halogens is 4. The largest absolute Gasteiger partial charge is 0.463 e. The maximum Gasteiger partial charge on any atom is 0.416 e. The Morgan fingerprint density at radius 1 is 1.19 bits per heavy atom. The second kappa shape index (κ2) is 12.0. The molecule has 9 heteroatoms. The summed E-state index contributed by atoms with van der Waals surface area (Å²) in [5.74, 6) is 0.181. The number of guanidine groups is 1. The summed E-state index contributed by atoms with van der Waals surface area (Å²) in [6.07, 6.45) is -4.31. The molecule has 1 aromatic carbocycles. The average molecular weight is 487 g/mol. The summed E-state index contributed by atoms with van der Waals surface area (Å²) in [5, 5.41) is 6.00. The number of rotatable bonds is 7. The van der Waals surface area contributed by atoms with Crippen molar-refractivity contribution in [1.29, 1.82) is 0 Å². The van der Waals surface area contributed by atoms with Crippen molar-refractivity contribution in [2.75, 3.05) is 13.1 Å². The number of hydrogen-bond donors (Lipinski definition) is 2. The van der Waals surface area contributed by atoms with E-state index in [-0.39, 0.29) is 49.0 Å². The van der Waals surface area contributed by atoms with E-state index >= 15 is 0 Å². The standard InChI is InChI=1S/C17H24F3N3O2.HI/c1-4-21-16(22-10-9-15(24)25-12(2)3)23-11-13-5-7-14(8-6-13)17(18,19)20;/h5-8,12H,4,9-11H2,1-3H3,(H2,21,22,23);1H. The summed E-state index contributed by atoms with van der Waals surface area (Å²) < 4.78 is 42.6. The molecule has 1 aromatic rings. The number of carbonyl (C=O) groups excluding carboxylic acids is 1. The van der Waals surface area contributed by atoms with E-state index in [1.54, 1.807) is 13.8 Å². The highest BCUT2D eigenvalue weighted by molar-refractivity contribution is 14.0. The molecule has 26 heavy (non-hydrogen) atoms. The number of hydrogen-bond acceptors (Lipinski definition) is 3. The maximum absolute atomic E-state index is 12.5. The number of aliphatic imine (C=N–C) groups is 1. The molecule has 0 aromatic heterocycles. The molecule has 0 saturated carbocycles. The smallest absolute Gasteiger partial charge is 0.416 e. The molecular weight excluding hydrogens is 462 g/mol. The quantitative estimate of drug-likeness (QED) is 0.267. The number of alkyl halides is 3. The van der Waals surface area contributed by atoms with Crippen LogP contribution in [0, 0.1) is 0 Å². The maximum atomic E-state index is 12.5. The highest BCUT2D eigenvalue weighted by atomic mass is 127. The van der Waals surface area contributed by atoms with Crippen LogP contribution >= 0.6 is 24.0 Å². The Kier molecular flexibility index (Phi) is 11.3. The molecule has 0 heterocycles. The van der Waals surface area contributed by atoms with Gasteiger partial charge in [0.2, 0.25) is 0 Å². The van der Waals surface area contributed by atoms with Crippen LogP contribution in [0.3, 0.4) is 0 Å². The fourth-order valence-electron chi connectivity index (χ4n) is 1.92. The average Bonchev–Trinajstić information content (AvgIpc) is 2.51. The van der Waals surface area contributed by atoms with E-state index in [0.717, 1.165) is 12.1 Å². The summed E-state index contributed by atoms with van der Waals surface area (Å²) in [5.41, 5.74) is -0.0293. The van der Waals surface area contributed by atoms with Crippen LogP contribution in [0.4, 0.5) is 13.2 Å². The van der Waals surface area contributed by atoms with Crippen LogP contribution in [-0.2, 0) is 22.3 Å². The Labute approximate surface area is 168 Å². The molecule has 2 N–H and O–H groups in total. The van der Waals surface area contributed by atoms with Crippen molar-refractivity contribution in [3.63, 3.8) is 0 Å². The van der Waals surface area contributed by atoms with E-state index in [9.17, 15) is 18.0 Å². The number of benzene rings is 1. The van der Waals surface area contributed by atoms with Gasteiger partial charge in [-0.1, -0.05) is 12.1 Å². The summed E-state index contributed by atoms with van der Waals surface area (Å²) in [6, 6.07) is 4.87. The van der Waals surface area contributed by atoms with E-state index in [4.69, 9.17) is 4.74 Å². The third-order valence-corrected chi connectivity index (χ3v) is 3.03. The van der Waals surface area contributed by atoms with Crippen LogP contribution in [0.5, 0.6) is 0 Å². The van der Waals surface area contributed by atoms with Gasteiger partial charge >= 0.3 is 12.1 Å². The molecule has 0 spiro atoms. The van der Waals surface area contributed by atoms with Crippen molar-refractivity contribution < 1.29 is 22.7 Å². The van der Waals surface area contributed by atoms with Crippen molar-refractivity contribution in [1.82, 2.24) is 10.6 Å². The minimum atomic E-state index is -4.34. The first-order valence-electron chi connectivity index (χ1n) is 8.10. The van der Waals surface area contributed by atoms with Gasteiger partial charge < -0.3 is 15.4 Å². The fourth-order valence-corrected chi connectivity index (χ4v) is 1.92. The first-order chi connectivity index (χ1) is 11.7. The van der Waals surface area contributed by atoms with Gasteiger partial charge in [-0.3, -0.25) is 4.79 Å². The van der Waals surface area contributed by atoms with Crippen LogP contribution in [0.1, 0.15) is 38.3 Å². The molecule has 0 radical (unpaired) electrons. The summed E-state index contributed by atoms with van der Waals surface area (Å²) in [6.45, 7) is 6.65. The van der Waals surface area contributed by atoms with Crippen molar-refractivity contribution in [3.05, 3.63) is 35.4 Å². The summed E-state index contributed by atoms with van der Waals surface area (Å²) in [4.78, 5) is 15.8. The van der Waals surface area contributed by atoms with Crippen LogP contribution in [0.15, 0.2) is 29.3 Å². The second-order valence-corrected chi connectivity index (χ2v) is 5.61. The van der Waals surface area contributed by atoms with Gasteiger partial charge in [0.1, 0.15) is 0 Å². The molecule has 0 unspecified atom stereocenters. The predicted octanol–water partition coefficient (Wildman–Crippen LogP) is 3.72. The van der Waals surface area contributed by atoms with E-state index < -0.39 is 11.7 Å². The first kappa shape index (κ1) is 24.5. The van der Waals surface area contributed by atoms with Gasteiger partial charge in [0, 0.05) is 13.1 Å². The highest BCUT2D eigenvalue weighted by Crippen LogP contribution is 2.29. The number of esters is 1. The lowest BCUT2D eigenvalue weighted by molar-refractivity contribution is -0.147. The monoisotopic (exact) mass is 487 g/mol. The molecule has 0 saturated heterocycles. The molecule has 0 atom stereocenters. The second-order valence-electron chi connectivity index (χ2n) is 5.61. The number of nitrogens with one attached hydrogen (secondary N) is 2. The third kappa shape index (κ3) is 9.83. The molecule has 0 bridgehead atoms. The third-order valence-electron chi connectivity index (χ3n) is 3.03. The Morgan fingerprint density at radius 3 is 2.31 bits per heavy atom. The van der Waals surface area contributed by atoms with Gasteiger partial charge in [0.15, 0.2) is 5.96 Å². The zero-order valence-electron chi connectivity index (χ0n) is 15.0. The molecule has 0 aliphatic carbocycles. The van der Waals surface area contributed by atoms with E-state index in [0.29, 0.717) is 24.6 Å². The minimum absolute atomic E-state index is 0. The fraction of sp³-hybridized carbons (Fsp3) is 0.529. The number of carbonyl (C=O) groups is 1. The molecule has 0 aliphatic heterocycles. The van der Waals surface area contributed by atoms with E-state index in [1.165, 1.54) is 12.1 Å². The molecule has 148 valence electrons. The normalized spacial score (nSPS) is 11.7. The molecule has 0 fully saturated rings. The molecule has 0 aliphatic rings. The SMILES string of the molecule is CCNC(=NCc1ccc(C(F)(F)F)cc1)NCCC(=O)OC(C)C.I. The molecular formula is C17H25F3IN3O2. The highest BCUT2D eigenvalue weighted by Gasteiger charge is 2.29. The van der Waals surface area contributed by atoms with Crippen LogP contribution in [-0.4, -0.2) is 31.1 Å². The van der Waals surface area contributed by atoms with Crippen molar-refractivity contribution in [2.24, 2.45) is 4.99 Å². The molecule has 1 rings (SSSR count). The Morgan fingerprint density at radius 2 is 1.81 bits per heavy atom. The van der Waals surface area contributed by atoms with Gasteiger partial charge in [-0.25, -0.2) is 4.99 Å². The summed E-state index contributed by atoms with van der Waals surface area (Å²) in [7, 11) is 0. The topological polar surface area (TPSA) is 62.7 Å². The van der Waals surface area contributed by atoms with Crippen molar-refractivity contribution in [2.45, 2.75) is 46.0 Å².